The van der Waals surface area contributed by atoms with Gasteiger partial charge in [-0.05, 0) is 17.9 Å². The lowest BCUT2D eigenvalue weighted by Crippen LogP contribution is -2.39. The van der Waals surface area contributed by atoms with Gasteiger partial charge in [0, 0.05) is 14.1 Å². The molecule has 0 atom stereocenters. The summed E-state index contributed by atoms with van der Waals surface area (Å²) in [6.45, 7) is 4.16. The van der Waals surface area contributed by atoms with Gasteiger partial charge in [0.15, 0.2) is 5.03 Å². The van der Waals surface area contributed by atoms with Gasteiger partial charge in [-0.25, -0.2) is 14.9 Å². The van der Waals surface area contributed by atoms with Crippen LogP contribution in [0.2, 0.25) is 0 Å². The van der Waals surface area contributed by atoms with Crippen LogP contribution in [0.25, 0.3) is 0 Å². The van der Waals surface area contributed by atoms with Crippen LogP contribution in [-0.2, 0) is 18.9 Å². The SMILES string of the molecule is CC(C)C/C(=N/NC(=O)CSc1nn(C)c(=O)n(C)c1=O)c1ccccc1. The van der Waals surface area contributed by atoms with Gasteiger partial charge in [-0.15, -0.1) is 0 Å². The number of aryl methyl sites for hydroxylation is 1. The fourth-order valence-corrected chi connectivity index (χ4v) is 3.07. The smallest absolute Gasteiger partial charge is 0.272 e. The maximum absolute atomic E-state index is 12.1. The van der Waals surface area contributed by atoms with Crippen molar-refractivity contribution in [1.29, 1.82) is 0 Å². The molecular weight excluding hydrogens is 366 g/mol. The van der Waals surface area contributed by atoms with Crippen molar-refractivity contribution in [2.75, 3.05) is 5.75 Å². The molecule has 1 aromatic carbocycles. The zero-order chi connectivity index (χ0) is 20.0. The second kappa shape index (κ2) is 9.31. The molecule has 0 saturated heterocycles. The Bertz CT molecular complexity index is 948. The Morgan fingerprint density at radius 3 is 2.52 bits per heavy atom. The zero-order valence-corrected chi connectivity index (χ0v) is 16.6. The molecule has 1 aromatic heterocycles. The Kier molecular flexibility index (Phi) is 7.12. The van der Waals surface area contributed by atoms with Crippen LogP contribution < -0.4 is 16.7 Å². The molecule has 8 nitrogen and oxygen atoms in total. The van der Waals surface area contributed by atoms with E-state index in [1.54, 1.807) is 0 Å². The molecule has 0 saturated carbocycles. The molecular formula is C18H23N5O3S. The summed E-state index contributed by atoms with van der Waals surface area (Å²) in [7, 11) is 2.83. The quantitative estimate of drug-likeness (QED) is 0.435. The summed E-state index contributed by atoms with van der Waals surface area (Å²) in [6, 6.07) is 9.65. The van der Waals surface area contributed by atoms with Crippen molar-refractivity contribution in [3.05, 3.63) is 56.7 Å². The highest BCUT2D eigenvalue weighted by Crippen LogP contribution is 2.11. The van der Waals surface area contributed by atoms with E-state index in [1.807, 2.05) is 30.3 Å². The van der Waals surface area contributed by atoms with Gasteiger partial charge in [0.25, 0.3) is 5.56 Å². The molecule has 144 valence electrons. The van der Waals surface area contributed by atoms with E-state index in [4.69, 9.17) is 0 Å². The minimum absolute atomic E-state index is 0.0340. The normalized spacial score (nSPS) is 11.7. The Morgan fingerprint density at radius 1 is 1.22 bits per heavy atom. The van der Waals surface area contributed by atoms with Crippen LogP contribution in [0.1, 0.15) is 25.8 Å². The van der Waals surface area contributed by atoms with E-state index in [1.165, 1.54) is 14.1 Å². The third-order valence-electron chi connectivity index (χ3n) is 3.66. The Morgan fingerprint density at radius 2 is 1.89 bits per heavy atom. The largest absolute Gasteiger partial charge is 0.346 e. The van der Waals surface area contributed by atoms with Crippen molar-refractivity contribution in [2.45, 2.75) is 25.3 Å². The van der Waals surface area contributed by atoms with E-state index in [0.29, 0.717) is 5.92 Å². The van der Waals surface area contributed by atoms with E-state index < -0.39 is 11.2 Å². The molecule has 27 heavy (non-hydrogen) atoms. The number of aromatic nitrogens is 3. The number of hydrogen-bond donors (Lipinski definition) is 1. The number of nitrogens with zero attached hydrogens (tertiary/aromatic N) is 4. The van der Waals surface area contributed by atoms with Crippen molar-refractivity contribution in [2.24, 2.45) is 25.1 Å². The summed E-state index contributed by atoms with van der Waals surface area (Å²) in [5.41, 5.74) is 3.25. The van der Waals surface area contributed by atoms with Gasteiger partial charge in [0.2, 0.25) is 5.91 Å². The Labute approximate surface area is 161 Å². The lowest BCUT2D eigenvalue weighted by molar-refractivity contribution is -0.118. The summed E-state index contributed by atoms with van der Waals surface area (Å²) >= 11 is 0.968. The number of hydrogen-bond acceptors (Lipinski definition) is 6. The second-order valence-electron chi connectivity index (χ2n) is 6.42. The minimum Gasteiger partial charge on any atom is -0.272 e. The van der Waals surface area contributed by atoms with Crippen LogP contribution in [0.4, 0.5) is 0 Å². The predicted molar refractivity (Wildman–Crippen MR) is 106 cm³/mol. The lowest BCUT2D eigenvalue weighted by atomic mass is 10.0. The third-order valence-corrected chi connectivity index (χ3v) is 4.59. The van der Waals surface area contributed by atoms with Gasteiger partial charge in [-0.3, -0.25) is 14.2 Å². The molecule has 0 aliphatic heterocycles. The second-order valence-corrected chi connectivity index (χ2v) is 7.39. The van der Waals surface area contributed by atoms with Crippen molar-refractivity contribution in [3.8, 4) is 0 Å². The Hall–Kier alpha value is -2.68. The maximum Gasteiger partial charge on any atom is 0.346 e. The lowest BCUT2D eigenvalue weighted by Gasteiger charge is -2.10. The van der Waals surface area contributed by atoms with Crippen molar-refractivity contribution in [1.82, 2.24) is 19.8 Å². The molecule has 0 aliphatic carbocycles. The van der Waals surface area contributed by atoms with Crippen LogP contribution in [0.3, 0.4) is 0 Å². The van der Waals surface area contributed by atoms with Crippen LogP contribution in [-0.4, -0.2) is 31.7 Å². The molecule has 0 spiro atoms. The summed E-state index contributed by atoms with van der Waals surface area (Å²) in [6.07, 6.45) is 0.723. The van der Waals surface area contributed by atoms with Gasteiger partial charge in [0.05, 0.1) is 11.5 Å². The van der Waals surface area contributed by atoms with E-state index in [0.717, 1.165) is 38.7 Å². The summed E-state index contributed by atoms with van der Waals surface area (Å²) in [4.78, 5) is 35.8. The number of benzene rings is 1. The molecule has 2 aromatic rings. The van der Waals surface area contributed by atoms with Gasteiger partial charge < -0.3 is 0 Å². The number of hydrazone groups is 1. The molecule has 0 bridgehead atoms. The van der Waals surface area contributed by atoms with Gasteiger partial charge in [0.1, 0.15) is 0 Å². The van der Waals surface area contributed by atoms with E-state index >= 15 is 0 Å². The maximum atomic E-state index is 12.1. The van der Waals surface area contributed by atoms with E-state index in [9.17, 15) is 14.4 Å². The summed E-state index contributed by atoms with van der Waals surface area (Å²) in [5.74, 6) is -0.00352. The predicted octanol–water partition coefficient (Wildman–Crippen LogP) is 1.14. The molecule has 0 radical (unpaired) electrons. The number of carbonyl (C=O) groups is 1. The highest BCUT2D eigenvalue weighted by molar-refractivity contribution is 7.99. The highest BCUT2D eigenvalue weighted by Gasteiger charge is 2.12. The van der Waals surface area contributed by atoms with E-state index in [-0.39, 0.29) is 16.7 Å². The van der Waals surface area contributed by atoms with Crippen molar-refractivity contribution >= 4 is 23.4 Å². The molecule has 0 unspecified atom stereocenters. The first kappa shape index (κ1) is 20.6. The minimum atomic E-state index is -0.524. The van der Waals surface area contributed by atoms with Gasteiger partial charge in [-0.2, -0.15) is 10.2 Å². The van der Waals surface area contributed by atoms with Crippen molar-refractivity contribution in [3.63, 3.8) is 0 Å². The topological polar surface area (TPSA) is 98.3 Å². The highest BCUT2D eigenvalue weighted by atomic mass is 32.2. The average Bonchev–Trinajstić information content (AvgIpc) is 2.65. The zero-order valence-electron chi connectivity index (χ0n) is 15.8. The fraction of sp³-hybridized carbons (Fsp3) is 0.389. The van der Waals surface area contributed by atoms with Crippen LogP contribution in [0, 0.1) is 5.92 Å². The monoisotopic (exact) mass is 389 g/mol. The fourth-order valence-electron chi connectivity index (χ4n) is 2.30. The molecule has 9 heteroatoms. The van der Waals surface area contributed by atoms with Gasteiger partial charge >= 0.3 is 5.69 Å². The summed E-state index contributed by atoms with van der Waals surface area (Å²) < 4.78 is 2.03. The van der Waals surface area contributed by atoms with Crippen LogP contribution in [0.15, 0.2) is 50.0 Å². The number of thioether (sulfide) groups is 1. The van der Waals surface area contributed by atoms with Crippen LogP contribution in [0.5, 0.6) is 0 Å². The first-order valence-corrected chi connectivity index (χ1v) is 9.46. The standard InChI is InChI=1S/C18H23N5O3S/c1-12(2)10-14(13-8-6-5-7-9-13)19-20-15(24)11-27-16-17(25)22(3)18(26)23(4)21-16/h5-9,12H,10-11H2,1-4H3,(H,20,24)/b19-14-. The molecule has 1 N–H and O–H groups in total. The number of amides is 1. The van der Waals surface area contributed by atoms with Gasteiger partial charge in [-0.1, -0.05) is 55.9 Å². The Balaban J connectivity index is 2.07. The molecule has 1 heterocycles. The molecule has 0 fully saturated rings. The van der Waals surface area contributed by atoms with Crippen LogP contribution >= 0.6 is 11.8 Å². The third kappa shape index (κ3) is 5.65. The molecule has 1 amide bonds. The van der Waals surface area contributed by atoms with E-state index in [2.05, 4.69) is 29.5 Å². The first-order valence-electron chi connectivity index (χ1n) is 8.47. The van der Waals surface area contributed by atoms with Crippen molar-refractivity contribution < 1.29 is 4.79 Å². The summed E-state index contributed by atoms with van der Waals surface area (Å²) in [5, 5.41) is 8.26. The average molecular weight is 389 g/mol. The number of nitrogens with one attached hydrogen (secondary N) is 1. The number of rotatable bonds is 7. The molecule has 0 aliphatic rings. The first-order chi connectivity index (χ1) is 12.8. The number of carbonyl (C=O) groups excluding carboxylic acids is 1. The molecule has 2 rings (SSSR count).